The number of halogens is 2. The lowest BCUT2D eigenvalue weighted by Gasteiger charge is -2.14. The molecule has 0 heterocycles. The predicted octanol–water partition coefficient (Wildman–Crippen LogP) is 1.47. The second-order valence-corrected chi connectivity index (χ2v) is 3.36. The Morgan fingerprint density at radius 3 is 2.44 bits per heavy atom. The van der Waals surface area contributed by atoms with Crippen molar-refractivity contribution in [3.63, 3.8) is 0 Å². The molecule has 0 aliphatic carbocycles. The third kappa shape index (κ3) is 2.76. The van der Waals surface area contributed by atoms with E-state index in [1.54, 1.807) is 6.92 Å². The van der Waals surface area contributed by atoms with E-state index < -0.39 is 29.1 Å². The third-order valence-electron chi connectivity index (χ3n) is 2.24. The highest BCUT2D eigenvalue weighted by Gasteiger charge is 2.18. The number of aliphatic hydroxyl groups is 1. The molecule has 1 aromatic rings. The molecule has 1 atom stereocenters. The minimum absolute atomic E-state index is 0.266. The second-order valence-electron chi connectivity index (χ2n) is 3.36. The Morgan fingerprint density at radius 1 is 1.44 bits per heavy atom. The van der Waals surface area contributed by atoms with Crippen molar-refractivity contribution < 1.29 is 18.7 Å². The molecule has 0 aromatic heterocycles. The topological polar surface area (TPSA) is 49.3 Å². The fraction of sp³-hybridized carbons (Fsp3) is 0.364. The molecule has 1 aromatic carbocycles. The normalized spacial score (nSPS) is 12.2. The van der Waals surface area contributed by atoms with Gasteiger partial charge in [-0.1, -0.05) is 13.0 Å². The number of nitrogens with one attached hydrogen (secondary N) is 1. The van der Waals surface area contributed by atoms with E-state index in [0.29, 0.717) is 6.42 Å². The molecule has 1 unspecified atom stereocenters. The minimum atomic E-state index is -0.912. The van der Waals surface area contributed by atoms with Crippen LogP contribution < -0.4 is 5.32 Å². The largest absolute Gasteiger partial charge is 0.394 e. The van der Waals surface area contributed by atoms with E-state index in [2.05, 4.69) is 5.32 Å². The predicted molar refractivity (Wildman–Crippen MR) is 55.0 cm³/mol. The molecule has 1 rings (SSSR count). The first kappa shape index (κ1) is 12.6. The number of carbonyl (C=O) groups is 1. The molecule has 88 valence electrons. The third-order valence-corrected chi connectivity index (χ3v) is 2.24. The van der Waals surface area contributed by atoms with Crippen molar-refractivity contribution in [3.8, 4) is 0 Å². The average molecular weight is 229 g/mol. The van der Waals surface area contributed by atoms with Crippen LogP contribution >= 0.6 is 0 Å². The summed E-state index contributed by atoms with van der Waals surface area (Å²) in [6.07, 6.45) is 0.484. The maximum absolute atomic E-state index is 13.2. The van der Waals surface area contributed by atoms with Gasteiger partial charge in [-0.15, -0.1) is 0 Å². The van der Waals surface area contributed by atoms with Crippen molar-refractivity contribution in [3.05, 3.63) is 35.4 Å². The molecule has 16 heavy (non-hydrogen) atoms. The zero-order valence-corrected chi connectivity index (χ0v) is 8.84. The number of benzene rings is 1. The first-order chi connectivity index (χ1) is 7.60. The van der Waals surface area contributed by atoms with Crippen molar-refractivity contribution >= 4 is 5.91 Å². The van der Waals surface area contributed by atoms with Gasteiger partial charge in [0.05, 0.1) is 12.6 Å². The highest BCUT2D eigenvalue weighted by molar-refractivity contribution is 5.94. The number of hydrogen-bond donors (Lipinski definition) is 2. The van der Waals surface area contributed by atoms with E-state index >= 15 is 0 Å². The lowest BCUT2D eigenvalue weighted by molar-refractivity contribution is 0.0906. The van der Waals surface area contributed by atoms with Crippen molar-refractivity contribution in [2.45, 2.75) is 19.4 Å². The Labute approximate surface area is 92.1 Å². The standard InChI is InChI=1S/C11H13F2NO2/c1-2-7(6-15)14-11(16)10-8(12)4-3-5-9(10)13/h3-5,7,15H,2,6H2,1H3,(H,14,16). The SMILES string of the molecule is CCC(CO)NC(=O)c1c(F)cccc1F. The van der Waals surface area contributed by atoms with Gasteiger partial charge in [-0.2, -0.15) is 0 Å². The van der Waals surface area contributed by atoms with E-state index in [9.17, 15) is 13.6 Å². The Kier molecular flexibility index (Phi) is 4.37. The lowest BCUT2D eigenvalue weighted by atomic mass is 10.1. The Morgan fingerprint density at radius 2 is 2.00 bits per heavy atom. The summed E-state index contributed by atoms with van der Waals surface area (Å²) in [5.41, 5.74) is -0.616. The monoisotopic (exact) mass is 229 g/mol. The zero-order valence-electron chi connectivity index (χ0n) is 8.84. The Balaban J connectivity index is 2.88. The fourth-order valence-corrected chi connectivity index (χ4v) is 1.25. The van der Waals surface area contributed by atoms with Gasteiger partial charge in [0.1, 0.15) is 17.2 Å². The van der Waals surface area contributed by atoms with E-state index in [4.69, 9.17) is 5.11 Å². The van der Waals surface area contributed by atoms with Crippen LogP contribution in [0.15, 0.2) is 18.2 Å². The van der Waals surface area contributed by atoms with E-state index in [1.807, 2.05) is 0 Å². The van der Waals surface area contributed by atoms with Gasteiger partial charge in [0.15, 0.2) is 0 Å². The van der Waals surface area contributed by atoms with Gasteiger partial charge in [0.25, 0.3) is 5.91 Å². The summed E-state index contributed by atoms with van der Waals surface area (Å²) in [4.78, 5) is 11.5. The van der Waals surface area contributed by atoms with E-state index in [-0.39, 0.29) is 6.61 Å². The molecular weight excluding hydrogens is 216 g/mol. The van der Waals surface area contributed by atoms with Gasteiger partial charge in [-0.05, 0) is 18.6 Å². The molecule has 0 saturated heterocycles. The lowest BCUT2D eigenvalue weighted by Crippen LogP contribution is -2.37. The van der Waals surface area contributed by atoms with Crippen LogP contribution in [0.25, 0.3) is 0 Å². The molecule has 0 saturated carbocycles. The summed E-state index contributed by atoms with van der Waals surface area (Å²) in [7, 11) is 0. The molecule has 5 heteroatoms. The van der Waals surface area contributed by atoms with Gasteiger partial charge in [-0.3, -0.25) is 4.79 Å². The van der Waals surface area contributed by atoms with Crippen LogP contribution in [-0.4, -0.2) is 23.7 Å². The van der Waals surface area contributed by atoms with Crippen LogP contribution in [0, 0.1) is 11.6 Å². The van der Waals surface area contributed by atoms with E-state index in [1.165, 1.54) is 6.07 Å². The molecule has 2 N–H and O–H groups in total. The van der Waals surface area contributed by atoms with Crippen LogP contribution in [0.2, 0.25) is 0 Å². The molecule has 0 aliphatic rings. The van der Waals surface area contributed by atoms with Gasteiger partial charge >= 0.3 is 0 Å². The van der Waals surface area contributed by atoms with Crippen LogP contribution in [0.1, 0.15) is 23.7 Å². The van der Waals surface area contributed by atoms with Gasteiger partial charge < -0.3 is 10.4 Å². The summed E-state index contributed by atoms with van der Waals surface area (Å²) < 4.78 is 26.4. The quantitative estimate of drug-likeness (QED) is 0.821. The molecule has 0 bridgehead atoms. The van der Waals surface area contributed by atoms with Crippen molar-refractivity contribution in [1.82, 2.24) is 5.32 Å². The maximum atomic E-state index is 13.2. The number of aliphatic hydroxyl groups excluding tert-OH is 1. The summed E-state index contributed by atoms with van der Waals surface area (Å²) in [5.74, 6) is -2.67. The van der Waals surface area contributed by atoms with Gasteiger partial charge in [0, 0.05) is 0 Å². The molecule has 0 radical (unpaired) electrons. The average Bonchev–Trinajstić information content (AvgIpc) is 2.25. The van der Waals surface area contributed by atoms with Gasteiger partial charge in [-0.25, -0.2) is 8.78 Å². The molecule has 3 nitrogen and oxygen atoms in total. The summed E-state index contributed by atoms with van der Waals surface area (Å²) >= 11 is 0. The Bertz CT molecular complexity index is 358. The summed E-state index contributed by atoms with van der Waals surface area (Å²) in [6, 6.07) is 2.71. The highest BCUT2D eigenvalue weighted by Crippen LogP contribution is 2.12. The van der Waals surface area contributed by atoms with Crippen molar-refractivity contribution in [1.29, 1.82) is 0 Å². The smallest absolute Gasteiger partial charge is 0.257 e. The maximum Gasteiger partial charge on any atom is 0.257 e. The first-order valence-corrected chi connectivity index (χ1v) is 4.95. The van der Waals surface area contributed by atoms with Gasteiger partial charge in [0.2, 0.25) is 0 Å². The van der Waals surface area contributed by atoms with Crippen LogP contribution in [-0.2, 0) is 0 Å². The Hall–Kier alpha value is -1.49. The second kappa shape index (κ2) is 5.55. The van der Waals surface area contributed by atoms with Crippen molar-refractivity contribution in [2.24, 2.45) is 0 Å². The number of rotatable bonds is 4. The zero-order chi connectivity index (χ0) is 12.1. The molecule has 0 aliphatic heterocycles. The molecule has 0 fully saturated rings. The van der Waals surface area contributed by atoms with Crippen LogP contribution in [0.3, 0.4) is 0 Å². The molecular formula is C11H13F2NO2. The minimum Gasteiger partial charge on any atom is -0.394 e. The number of carbonyl (C=O) groups excluding carboxylic acids is 1. The summed E-state index contributed by atoms with van der Waals surface area (Å²) in [6.45, 7) is 1.48. The number of amides is 1. The highest BCUT2D eigenvalue weighted by atomic mass is 19.1. The fourth-order valence-electron chi connectivity index (χ4n) is 1.25. The van der Waals surface area contributed by atoms with Crippen LogP contribution in [0.4, 0.5) is 8.78 Å². The molecule has 1 amide bonds. The molecule has 0 spiro atoms. The first-order valence-electron chi connectivity index (χ1n) is 4.95. The van der Waals surface area contributed by atoms with Crippen LogP contribution in [0.5, 0.6) is 0 Å². The van der Waals surface area contributed by atoms with E-state index in [0.717, 1.165) is 12.1 Å². The summed E-state index contributed by atoms with van der Waals surface area (Å²) in [5, 5.41) is 11.2. The number of hydrogen-bond acceptors (Lipinski definition) is 2. The van der Waals surface area contributed by atoms with Crippen molar-refractivity contribution in [2.75, 3.05) is 6.61 Å².